The Kier molecular flexibility index (Phi) is 1.73. The topological polar surface area (TPSA) is 48.1 Å². The summed E-state index contributed by atoms with van der Waals surface area (Å²) in [5.74, 6) is 0.761. The number of hydrogen-bond acceptors (Lipinski definition) is 3. The maximum absolute atomic E-state index is 5.73. The van der Waals surface area contributed by atoms with Crippen LogP contribution in [0.25, 0.3) is 0 Å². The smallest absolute Gasteiger partial charge is 0.216 e. The summed E-state index contributed by atoms with van der Waals surface area (Å²) in [6.45, 7) is 2.54. The van der Waals surface area contributed by atoms with Gasteiger partial charge in [0, 0.05) is 17.3 Å². The van der Waals surface area contributed by atoms with Gasteiger partial charge in [-0.3, -0.25) is 0 Å². The Morgan fingerprint density at radius 2 is 2.42 bits per heavy atom. The monoisotopic (exact) mass is 164 g/mol. The summed E-state index contributed by atoms with van der Waals surface area (Å²) in [5.41, 5.74) is 7.85. The van der Waals surface area contributed by atoms with Crippen LogP contribution in [0.5, 0.6) is 5.88 Å². The Balaban J connectivity index is 2.37. The van der Waals surface area contributed by atoms with Crippen LogP contribution in [0, 0.1) is 6.92 Å². The lowest BCUT2D eigenvalue weighted by molar-refractivity contribution is 0.252. The van der Waals surface area contributed by atoms with E-state index in [0.29, 0.717) is 6.61 Å². The molecule has 1 aliphatic rings. The SMILES string of the molecule is Cc1ccc2c(n1)OCC(N)C2. The average Bonchev–Trinajstić information content (AvgIpc) is 2.05. The first kappa shape index (κ1) is 7.55. The van der Waals surface area contributed by atoms with Crippen LogP contribution >= 0.6 is 0 Å². The zero-order valence-electron chi connectivity index (χ0n) is 7.08. The van der Waals surface area contributed by atoms with E-state index in [1.54, 1.807) is 0 Å². The van der Waals surface area contributed by atoms with E-state index in [-0.39, 0.29) is 6.04 Å². The molecule has 0 radical (unpaired) electrons. The first-order chi connectivity index (χ1) is 5.75. The number of ether oxygens (including phenoxy) is 1. The fourth-order valence-electron chi connectivity index (χ4n) is 1.37. The van der Waals surface area contributed by atoms with Gasteiger partial charge >= 0.3 is 0 Å². The molecule has 2 rings (SSSR count). The molecule has 2 N–H and O–H groups in total. The van der Waals surface area contributed by atoms with Crippen molar-refractivity contribution in [1.82, 2.24) is 4.98 Å². The molecule has 1 unspecified atom stereocenters. The lowest BCUT2D eigenvalue weighted by atomic mass is 10.1. The van der Waals surface area contributed by atoms with Crippen LogP contribution in [-0.2, 0) is 6.42 Å². The summed E-state index contributed by atoms with van der Waals surface area (Å²) >= 11 is 0. The molecule has 3 heteroatoms. The average molecular weight is 164 g/mol. The van der Waals surface area contributed by atoms with Crippen LogP contribution in [0.2, 0.25) is 0 Å². The van der Waals surface area contributed by atoms with Gasteiger partial charge in [0.2, 0.25) is 5.88 Å². The van der Waals surface area contributed by atoms with E-state index < -0.39 is 0 Å². The first-order valence-electron chi connectivity index (χ1n) is 4.10. The third-order valence-corrected chi connectivity index (χ3v) is 1.99. The van der Waals surface area contributed by atoms with Gasteiger partial charge in [-0.25, -0.2) is 4.98 Å². The minimum atomic E-state index is 0.127. The molecule has 0 fully saturated rings. The van der Waals surface area contributed by atoms with Crippen molar-refractivity contribution in [2.45, 2.75) is 19.4 Å². The van der Waals surface area contributed by atoms with Gasteiger partial charge in [0.1, 0.15) is 6.61 Å². The molecule has 1 aliphatic heterocycles. The highest BCUT2D eigenvalue weighted by atomic mass is 16.5. The summed E-state index contributed by atoms with van der Waals surface area (Å²) in [5, 5.41) is 0. The second-order valence-corrected chi connectivity index (χ2v) is 3.19. The Morgan fingerprint density at radius 1 is 1.58 bits per heavy atom. The highest BCUT2D eigenvalue weighted by molar-refractivity contribution is 5.30. The summed E-state index contributed by atoms with van der Waals surface area (Å²) in [6.07, 6.45) is 0.878. The molecule has 0 spiro atoms. The summed E-state index contributed by atoms with van der Waals surface area (Å²) < 4.78 is 5.38. The van der Waals surface area contributed by atoms with Gasteiger partial charge in [-0.05, 0) is 19.4 Å². The van der Waals surface area contributed by atoms with E-state index in [9.17, 15) is 0 Å². The van der Waals surface area contributed by atoms with Crippen molar-refractivity contribution < 1.29 is 4.74 Å². The molecule has 0 amide bonds. The fraction of sp³-hybridized carbons (Fsp3) is 0.444. The van der Waals surface area contributed by atoms with Gasteiger partial charge in [0.25, 0.3) is 0 Å². The van der Waals surface area contributed by atoms with Crippen LogP contribution in [0.4, 0.5) is 0 Å². The second kappa shape index (κ2) is 2.75. The van der Waals surface area contributed by atoms with Gasteiger partial charge < -0.3 is 10.5 Å². The molecule has 0 aliphatic carbocycles. The molecule has 3 nitrogen and oxygen atoms in total. The van der Waals surface area contributed by atoms with Crippen molar-refractivity contribution in [2.75, 3.05) is 6.61 Å². The van der Waals surface area contributed by atoms with Crippen molar-refractivity contribution in [3.8, 4) is 5.88 Å². The second-order valence-electron chi connectivity index (χ2n) is 3.19. The Hall–Kier alpha value is -1.09. The number of fused-ring (bicyclic) bond motifs is 1. The van der Waals surface area contributed by atoms with Gasteiger partial charge in [-0.15, -0.1) is 0 Å². The first-order valence-corrected chi connectivity index (χ1v) is 4.10. The zero-order chi connectivity index (χ0) is 8.55. The predicted molar refractivity (Wildman–Crippen MR) is 46.1 cm³/mol. The van der Waals surface area contributed by atoms with Crippen LogP contribution in [-0.4, -0.2) is 17.6 Å². The Labute approximate surface area is 71.6 Å². The Bertz CT molecular complexity index is 299. The van der Waals surface area contributed by atoms with Crippen molar-refractivity contribution in [3.63, 3.8) is 0 Å². The predicted octanol–water partition coefficient (Wildman–Crippen LogP) is 0.652. The van der Waals surface area contributed by atoms with Gasteiger partial charge in [-0.2, -0.15) is 0 Å². The molecule has 2 heterocycles. The summed E-state index contributed by atoms with van der Waals surface area (Å²) in [7, 11) is 0. The molecule has 0 bridgehead atoms. The number of hydrogen-bond donors (Lipinski definition) is 1. The van der Waals surface area contributed by atoms with Crippen LogP contribution < -0.4 is 10.5 Å². The van der Waals surface area contributed by atoms with Crippen molar-refractivity contribution in [2.24, 2.45) is 5.73 Å². The van der Waals surface area contributed by atoms with Crippen LogP contribution in [0.1, 0.15) is 11.3 Å². The number of aromatic nitrogens is 1. The minimum Gasteiger partial charge on any atom is -0.476 e. The largest absolute Gasteiger partial charge is 0.476 e. The van der Waals surface area contributed by atoms with Crippen molar-refractivity contribution >= 4 is 0 Å². The molecule has 64 valence electrons. The molecule has 1 atom stereocenters. The molecular weight excluding hydrogens is 152 g/mol. The van der Waals surface area contributed by atoms with E-state index in [4.69, 9.17) is 10.5 Å². The highest BCUT2D eigenvalue weighted by Gasteiger charge is 2.17. The van der Waals surface area contributed by atoms with E-state index in [0.717, 1.165) is 23.6 Å². The van der Waals surface area contributed by atoms with Crippen molar-refractivity contribution in [3.05, 3.63) is 23.4 Å². The zero-order valence-corrected chi connectivity index (χ0v) is 7.08. The molecule has 12 heavy (non-hydrogen) atoms. The molecular formula is C9H12N2O. The molecule has 1 aromatic rings. The third kappa shape index (κ3) is 1.28. The number of nitrogens with zero attached hydrogens (tertiary/aromatic N) is 1. The van der Waals surface area contributed by atoms with E-state index in [2.05, 4.69) is 4.98 Å². The molecule has 0 aromatic carbocycles. The number of aryl methyl sites for hydroxylation is 1. The quantitative estimate of drug-likeness (QED) is 0.612. The maximum atomic E-state index is 5.73. The number of rotatable bonds is 0. The fourth-order valence-corrected chi connectivity index (χ4v) is 1.37. The molecule has 0 saturated carbocycles. The van der Waals surface area contributed by atoms with E-state index in [1.807, 2.05) is 19.1 Å². The van der Waals surface area contributed by atoms with Crippen LogP contribution in [0.3, 0.4) is 0 Å². The van der Waals surface area contributed by atoms with Gasteiger partial charge in [0.05, 0.1) is 0 Å². The molecule has 0 saturated heterocycles. The van der Waals surface area contributed by atoms with Gasteiger partial charge in [-0.1, -0.05) is 6.07 Å². The van der Waals surface area contributed by atoms with E-state index >= 15 is 0 Å². The Morgan fingerprint density at radius 3 is 3.25 bits per heavy atom. The number of pyridine rings is 1. The normalized spacial score (nSPS) is 21.3. The highest BCUT2D eigenvalue weighted by Crippen LogP contribution is 2.21. The van der Waals surface area contributed by atoms with Crippen LogP contribution in [0.15, 0.2) is 12.1 Å². The standard InChI is InChI=1S/C9H12N2O/c1-6-2-3-7-4-8(10)5-12-9(7)11-6/h2-3,8H,4-5,10H2,1H3. The lowest BCUT2D eigenvalue weighted by Gasteiger charge is -2.21. The summed E-state index contributed by atoms with van der Waals surface area (Å²) in [6, 6.07) is 4.15. The maximum Gasteiger partial charge on any atom is 0.216 e. The summed E-state index contributed by atoms with van der Waals surface area (Å²) in [4.78, 5) is 4.27. The van der Waals surface area contributed by atoms with E-state index in [1.165, 1.54) is 0 Å². The molecule has 1 aromatic heterocycles. The number of nitrogens with two attached hydrogens (primary N) is 1. The van der Waals surface area contributed by atoms with Gasteiger partial charge in [0.15, 0.2) is 0 Å². The van der Waals surface area contributed by atoms with Crippen molar-refractivity contribution in [1.29, 1.82) is 0 Å². The minimum absolute atomic E-state index is 0.127. The lowest BCUT2D eigenvalue weighted by Crippen LogP contribution is -2.34. The third-order valence-electron chi connectivity index (χ3n) is 1.99.